The summed E-state index contributed by atoms with van der Waals surface area (Å²) in [7, 11) is 1.43. The Morgan fingerprint density at radius 1 is 1.20 bits per heavy atom. The van der Waals surface area contributed by atoms with Crippen LogP contribution in [0.1, 0.15) is 11.1 Å². The summed E-state index contributed by atoms with van der Waals surface area (Å²) >= 11 is 0. The van der Waals surface area contributed by atoms with Crippen LogP contribution in [0, 0.1) is 17.0 Å². The third kappa shape index (κ3) is 5.20. The molecule has 0 aliphatic rings. The normalized spacial score (nSPS) is 10.2. The van der Waals surface area contributed by atoms with Crippen molar-refractivity contribution in [2.24, 2.45) is 0 Å². The minimum absolute atomic E-state index is 0.129. The highest BCUT2D eigenvalue weighted by molar-refractivity contribution is 5.77. The predicted molar refractivity (Wildman–Crippen MR) is 93.0 cm³/mol. The minimum atomic E-state index is -0.533. The third-order valence-corrected chi connectivity index (χ3v) is 3.69. The maximum absolute atomic E-state index is 11.9. The van der Waals surface area contributed by atoms with Crippen molar-refractivity contribution < 1.29 is 19.2 Å². The van der Waals surface area contributed by atoms with E-state index in [1.807, 2.05) is 31.2 Å². The molecular formula is C18H20N2O5. The van der Waals surface area contributed by atoms with Gasteiger partial charge in [0.2, 0.25) is 0 Å². The van der Waals surface area contributed by atoms with E-state index in [1.54, 1.807) is 0 Å². The Morgan fingerprint density at radius 3 is 2.64 bits per heavy atom. The molecule has 0 aliphatic heterocycles. The van der Waals surface area contributed by atoms with E-state index in [-0.39, 0.29) is 24.0 Å². The molecule has 0 atom stereocenters. The summed E-state index contributed by atoms with van der Waals surface area (Å²) in [6, 6.07) is 12.0. The topological polar surface area (TPSA) is 90.7 Å². The van der Waals surface area contributed by atoms with Gasteiger partial charge in [0, 0.05) is 12.6 Å². The Balaban J connectivity index is 1.86. The molecule has 132 valence electrons. The van der Waals surface area contributed by atoms with Gasteiger partial charge in [-0.15, -0.1) is 0 Å². The summed E-state index contributed by atoms with van der Waals surface area (Å²) in [6.45, 7) is 2.26. The number of carbonyl (C=O) groups is 1. The summed E-state index contributed by atoms with van der Waals surface area (Å²) in [4.78, 5) is 22.2. The number of aryl methyl sites for hydroxylation is 1. The number of methoxy groups -OCH3 is 1. The molecule has 0 saturated heterocycles. The van der Waals surface area contributed by atoms with E-state index >= 15 is 0 Å². The fraction of sp³-hybridized carbons (Fsp3) is 0.278. The zero-order valence-electron chi connectivity index (χ0n) is 14.2. The van der Waals surface area contributed by atoms with Crippen LogP contribution in [0.4, 0.5) is 5.69 Å². The molecule has 0 unspecified atom stereocenters. The van der Waals surface area contributed by atoms with Gasteiger partial charge in [0.15, 0.2) is 18.1 Å². The second kappa shape index (κ2) is 8.68. The van der Waals surface area contributed by atoms with Crippen molar-refractivity contribution in [1.82, 2.24) is 5.32 Å². The summed E-state index contributed by atoms with van der Waals surface area (Å²) in [6.07, 6.45) is 0.721. The van der Waals surface area contributed by atoms with Gasteiger partial charge < -0.3 is 14.8 Å². The number of amides is 1. The third-order valence-electron chi connectivity index (χ3n) is 3.69. The van der Waals surface area contributed by atoms with Gasteiger partial charge in [-0.25, -0.2) is 0 Å². The van der Waals surface area contributed by atoms with Crippen molar-refractivity contribution in [3.63, 3.8) is 0 Å². The number of non-ortho nitro benzene ring substituents is 1. The molecule has 0 spiro atoms. The van der Waals surface area contributed by atoms with E-state index < -0.39 is 4.92 Å². The molecule has 0 aliphatic carbocycles. The standard InChI is InChI=1S/C18H20N2O5/c1-13-5-3-4-6-14(13)9-10-19-18(21)12-25-17-11-15(20(22)23)7-8-16(17)24-2/h3-8,11H,9-10,12H2,1-2H3,(H,19,21). The number of rotatable bonds is 8. The number of carbonyl (C=O) groups excluding carboxylic acids is 1. The number of nitro groups is 1. The molecule has 0 aromatic heterocycles. The van der Waals surface area contributed by atoms with E-state index in [9.17, 15) is 14.9 Å². The second-order valence-corrected chi connectivity index (χ2v) is 5.41. The van der Waals surface area contributed by atoms with Crippen LogP contribution in [0.15, 0.2) is 42.5 Å². The molecule has 7 heteroatoms. The van der Waals surface area contributed by atoms with Crippen molar-refractivity contribution in [2.45, 2.75) is 13.3 Å². The van der Waals surface area contributed by atoms with Crippen LogP contribution < -0.4 is 14.8 Å². The van der Waals surface area contributed by atoms with Gasteiger partial charge in [-0.1, -0.05) is 24.3 Å². The van der Waals surface area contributed by atoms with Gasteiger partial charge in [-0.05, 0) is 30.5 Å². The molecule has 0 fully saturated rings. The Labute approximate surface area is 145 Å². The molecular weight excluding hydrogens is 324 g/mol. The molecule has 0 bridgehead atoms. The summed E-state index contributed by atoms with van der Waals surface area (Å²) in [5.74, 6) is 0.186. The van der Waals surface area contributed by atoms with E-state index in [0.29, 0.717) is 12.3 Å². The van der Waals surface area contributed by atoms with Crippen molar-refractivity contribution in [2.75, 3.05) is 20.3 Å². The lowest BCUT2D eigenvalue weighted by Crippen LogP contribution is -2.30. The fourth-order valence-electron chi connectivity index (χ4n) is 2.31. The van der Waals surface area contributed by atoms with Crippen LogP contribution in [0.2, 0.25) is 0 Å². The molecule has 7 nitrogen and oxygen atoms in total. The predicted octanol–water partition coefficient (Wildman–Crippen LogP) is 2.65. The number of ether oxygens (including phenoxy) is 2. The zero-order chi connectivity index (χ0) is 18.2. The second-order valence-electron chi connectivity index (χ2n) is 5.41. The number of nitrogens with one attached hydrogen (secondary N) is 1. The van der Waals surface area contributed by atoms with Crippen LogP contribution in [-0.2, 0) is 11.2 Å². The summed E-state index contributed by atoms with van der Waals surface area (Å²) in [5, 5.41) is 13.6. The Kier molecular flexibility index (Phi) is 6.33. The molecule has 0 saturated carbocycles. The number of nitro benzene ring substituents is 1. The van der Waals surface area contributed by atoms with Gasteiger partial charge >= 0.3 is 0 Å². The molecule has 2 aromatic rings. The highest BCUT2D eigenvalue weighted by Crippen LogP contribution is 2.30. The molecule has 25 heavy (non-hydrogen) atoms. The molecule has 0 heterocycles. The number of benzene rings is 2. The lowest BCUT2D eigenvalue weighted by molar-refractivity contribution is -0.385. The van der Waals surface area contributed by atoms with E-state index in [2.05, 4.69) is 5.32 Å². The molecule has 2 aromatic carbocycles. The Morgan fingerprint density at radius 2 is 1.96 bits per heavy atom. The first-order valence-electron chi connectivity index (χ1n) is 7.77. The van der Waals surface area contributed by atoms with Crippen molar-refractivity contribution >= 4 is 11.6 Å². The summed E-state index contributed by atoms with van der Waals surface area (Å²) in [5.41, 5.74) is 2.22. The first-order chi connectivity index (χ1) is 12.0. The van der Waals surface area contributed by atoms with Crippen LogP contribution in [0.5, 0.6) is 11.5 Å². The largest absolute Gasteiger partial charge is 0.493 e. The number of hydrogen-bond donors (Lipinski definition) is 1. The van der Waals surface area contributed by atoms with Crippen LogP contribution in [-0.4, -0.2) is 31.1 Å². The van der Waals surface area contributed by atoms with Gasteiger partial charge in [-0.2, -0.15) is 0 Å². The fourth-order valence-corrected chi connectivity index (χ4v) is 2.31. The highest BCUT2D eigenvalue weighted by atomic mass is 16.6. The van der Waals surface area contributed by atoms with E-state index in [0.717, 1.165) is 6.42 Å². The van der Waals surface area contributed by atoms with Crippen molar-refractivity contribution in [1.29, 1.82) is 0 Å². The lowest BCUT2D eigenvalue weighted by Gasteiger charge is -2.11. The SMILES string of the molecule is COc1ccc([N+](=O)[O-])cc1OCC(=O)NCCc1ccccc1C. The zero-order valence-corrected chi connectivity index (χ0v) is 14.2. The van der Waals surface area contributed by atoms with Gasteiger partial charge in [0.25, 0.3) is 11.6 Å². The molecule has 0 radical (unpaired) electrons. The molecule has 1 amide bonds. The maximum Gasteiger partial charge on any atom is 0.273 e. The Bertz CT molecular complexity index is 761. The summed E-state index contributed by atoms with van der Waals surface area (Å²) < 4.78 is 10.5. The van der Waals surface area contributed by atoms with E-state index in [4.69, 9.17) is 9.47 Å². The lowest BCUT2D eigenvalue weighted by atomic mass is 10.1. The average Bonchev–Trinajstić information content (AvgIpc) is 2.61. The monoisotopic (exact) mass is 344 g/mol. The average molecular weight is 344 g/mol. The maximum atomic E-state index is 11.9. The number of nitrogens with zero attached hydrogens (tertiary/aromatic N) is 1. The van der Waals surface area contributed by atoms with Gasteiger partial charge in [-0.3, -0.25) is 14.9 Å². The quantitative estimate of drug-likeness (QED) is 0.587. The Hall–Kier alpha value is -3.09. The number of hydrogen-bond acceptors (Lipinski definition) is 5. The van der Waals surface area contributed by atoms with Gasteiger partial charge in [0.05, 0.1) is 18.1 Å². The van der Waals surface area contributed by atoms with E-state index in [1.165, 1.54) is 36.4 Å². The molecule has 2 rings (SSSR count). The van der Waals surface area contributed by atoms with Gasteiger partial charge in [0.1, 0.15) is 0 Å². The van der Waals surface area contributed by atoms with Crippen LogP contribution in [0.3, 0.4) is 0 Å². The van der Waals surface area contributed by atoms with Crippen molar-refractivity contribution in [3.05, 3.63) is 63.7 Å². The van der Waals surface area contributed by atoms with Crippen molar-refractivity contribution in [3.8, 4) is 11.5 Å². The minimum Gasteiger partial charge on any atom is -0.493 e. The smallest absolute Gasteiger partial charge is 0.273 e. The highest BCUT2D eigenvalue weighted by Gasteiger charge is 2.13. The molecule has 1 N–H and O–H groups in total. The van der Waals surface area contributed by atoms with Crippen LogP contribution >= 0.6 is 0 Å². The first kappa shape index (κ1) is 18.3. The van der Waals surface area contributed by atoms with Crippen LogP contribution in [0.25, 0.3) is 0 Å². The first-order valence-corrected chi connectivity index (χ1v) is 7.77.